The SMILES string of the molecule is CCC(=O)[C@@H]1C[C@@H](C)[C@]2(CC[C@]3(C)C4=C(CC[C@@]23C)[C@]2(C)CC[C@H](O[C@H]3O[C@H](CO[C@@H]5OC[C@@H](O)[C@H](O)[C@@H]5O[C@@H]5O[C@@H](CO)[C@@H](O)[C@@H](O[C@H]6O[C@@H](CO)[C@@H](O)[C@H](O)[C@H]6O)[C@@H]5O[C@H]5O[C@@H](C)[C@@H](O)[C@@H](O)[C@H]5O)[C@H](O)[C@@H](O)[C@H]3O)[C@@](C)(OC(C)=O)[C@H]2CC4)O1. The third kappa shape index (κ3) is 11.4. The first-order valence-corrected chi connectivity index (χ1v) is 30.9. The fourth-order valence-corrected chi connectivity index (χ4v) is 17.1. The Balaban J connectivity index is 0.873. The van der Waals surface area contributed by atoms with Crippen molar-refractivity contribution in [2.45, 2.75) is 290 Å². The highest BCUT2D eigenvalue weighted by molar-refractivity contribution is 5.83. The van der Waals surface area contributed by atoms with Crippen LogP contribution >= 0.6 is 0 Å². The number of Topliss-reactive ketones (excluding diaryl/α,β-unsaturated/α-hetero) is 1. The molecule has 6 aliphatic heterocycles. The van der Waals surface area contributed by atoms with Gasteiger partial charge in [-0.05, 0) is 88.4 Å². The van der Waals surface area contributed by atoms with Gasteiger partial charge in [-0.3, -0.25) is 9.59 Å². The molecule has 0 radical (unpaired) electrons. The maximum Gasteiger partial charge on any atom is 0.303 e. The average Bonchev–Trinajstić information content (AvgIpc) is 1.59. The van der Waals surface area contributed by atoms with E-state index < -0.39 is 209 Å². The van der Waals surface area contributed by atoms with Crippen molar-refractivity contribution < 1.29 is 138 Å². The minimum Gasteiger partial charge on any atom is -0.456 e. The number of allylic oxidation sites excluding steroid dienone is 2. The Kier molecular flexibility index (Phi) is 20.0. The minimum absolute atomic E-state index is 0.134. The number of aliphatic hydroxyl groups is 14. The van der Waals surface area contributed by atoms with E-state index in [4.69, 9.17) is 56.8 Å². The van der Waals surface area contributed by atoms with Crippen LogP contribution in [0.4, 0.5) is 0 Å². The number of carbonyl (C=O) groups is 2. The zero-order valence-electron chi connectivity index (χ0n) is 50.5. The van der Waals surface area contributed by atoms with Crippen molar-refractivity contribution in [2.75, 3.05) is 26.4 Å². The first kappa shape index (κ1) is 67.8. The van der Waals surface area contributed by atoms with E-state index in [-0.39, 0.29) is 28.4 Å². The first-order valence-electron chi connectivity index (χ1n) is 30.9. The van der Waals surface area contributed by atoms with E-state index in [9.17, 15) is 81.1 Å². The van der Waals surface area contributed by atoms with Crippen LogP contribution in [0.15, 0.2) is 11.1 Å². The molecule has 0 aromatic carbocycles. The molecule has 87 heavy (non-hydrogen) atoms. The third-order valence-electron chi connectivity index (χ3n) is 22.4. The molecule has 33 atom stereocenters. The largest absolute Gasteiger partial charge is 0.456 e. The lowest BCUT2D eigenvalue weighted by molar-refractivity contribution is -0.406. The van der Waals surface area contributed by atoms with Gasteiger partial charge in [-0.2, -0.15) is 0 Å². The molecule has 498 valence electrons. The molecule has 2 saturated carbocycles. The van der Waals surface area contributed by atoms with E-state index in [0.29, 0.717) is 38.5 Å². The Morgan fingerprint density at radius 1 is 0.575 bits per heavy atom. The normalized spacial score (nSPS) is 53.6. The molecule has 28 heteroatoms. The summed E-state index contributed by atoms with van der Waals surface area (Å²) in [5, 5.41) is 154. The molecule has 28 nitrogen and oxygen atoms in total. The van der Waals surface area contributed by atoms with Crippen molar-refractivity contribution in [3.63, 3.8) is 0 Å². The fraction of sp³-hybridized carbons (Fsp3) is 0.932. The van der Waals surface area contributed by atoms with Crippen LogP contribution in [-0.2, 0) is 66.4 Å². The summed E-state index contributed by atoms with van der Waals surface area (Å²) in [5.74, 6) is -0.521. The van der Waals surface area contributed by atoms with Crippen molar-refractivity contribution in [1.29, 1.82) is 0 Å². The second-order valence-electron chi connectivity index (χ2n) is 27.0. The lowest BCUT2D eigenvalue weighted by Crippen LogP contribution is -2.68. The molecule has 0 aromatic heterocycles. The van der Waals surface area contributed by atoms with E-state index in [1.54, 1.807) is 0 Å². The van der Waals surface area contributed by atoms with Crippen LogP contribution in [0.25, 0.3) is 0 Å². The summed E-state index contributed by atoms with van der Waals surface area (Å²) < 4.78 is 73.7. The molecule has 10 rings (SSSR count). The molecule has 8 fully saturated rings. The molecule has 0 amide bonds. The highest BCUT2D eigenvalue weighted by atomic mass is 16.8. The summed E-state index contributed by atoms with van der Waals surface area (Å²) in [6.07, 6.45) is -38.3. The lowest BCUT2D eigenvalue weighted by atomic mass is 9.44. The van der Waals surface area contributed by atoms with Crippen LogP contribution in [0.1, 0.15) is 120 Å². The summed E-state index contributed by atoms with van der Waals surface area (Å²) in [5.41, 5.74) is 0.0514. The molecular formula is C59H94O28. The first-order chi connectivity index (χ1) is 40.9. The number of rotatable bonds is 16. The molecule has 10 aliphatic rings. The van der Waals surface area contributed by atoms with Gasteiger partial charge in [0.25, 0.3) is 0 Å². The monoisotopic (exact) mass is 1250 g/mol. The van der Waals surface area contributed by atoms with Gasteiger partial charge < -0.3 is 128 Å². The van der Waals surface area contributed by atoms with Gasteiger partial charge in [0.15, 0.2) is 37.2 Å². The molecule has 0 aromatic rings. The summed E-state index contributed by atoms with van der Waals surface area (Å²) in [6, 6.07) is 0. The lowest BCUT2D eigenvalue weighted by Gasteiger charge is -2.63. The number of hydrogen-bond donors (Lipinski definition) is 14. The van der Waals surface area contributed by atoms with Crippen LogP contribution in [0, 0.1) is 28.1 Å². The molecule has 1 spiro atoms. The molecular weight excluding hydrogens is 1160 g/mol. The smallest absolute Gasteiger partial charge is 0.303 e. The van der Waals surface area contributed by atoms with Gasteiger partial charge in [-0.1, -0.05) is 45.8 Å². The quantitative estimate of drug-likeness (QED) is 0.0532. The number of esters is 1. The Bertz CT molecular complexity index is 2460. The van der Waals surface area contributed by atoms with E-state index in [2.05, 4.69) is 27.7 Å². The molecule has 6 heterocycles. The van der Waals surface area contributed by atoms with Crippen LogP contribution in [0.5, 0.6) is 0 Å². The predicted octanol–water partition coefficient (Wildman–Crippen LogP) is -3.29. The maximum absolute atomic E-state index is 13.3. The van der Waals surface area contributed by atoms with Crippen molar-refractivity contribution in [1.82, 2.24) is 0 Å². The molecule has 0 bridgehead atoms. The maximum atomic E-state index is 13.3. The molecule has 14 N–H and O–H groups in total. The van der Waals surface area contributed by atoms with Crippen LogP contribution in [0.2, 0.25) is 0 Å². The van der Waals surface area contributed by atoms with Crippen LogP contribution in [-0.4, -0.2) is 281 Å². The summed E-state index contributed by atoms with van der Waals surface area (Å²) in [7, 11) is 0. The number of fused-ring (bicyclic) bond motifs is 5. The summed E-state index contributed by atoms with van der Waals surface area (Å²) in [4.78, 5) is 26.3. The summed E-state index contributed by atoms with van der Waals surface area (Å²) in [6.45, 7) is 12.4. The second-order valence-corrected chi connectivity index (χ2v) is 27.0. The Morgan fingerprint density at radius 2 is 1.15 bits per heavy atom. The fourth-order valence-electron chi connectivity index (χ4n) is 17.1. The average molecular weight is 1250 g/mol. The predicted molar refractivity (Wildman–Crippen MR) is 290 cm³/mol. The minimum atomic E-state index is -2.06. The standard InChI is InChI=1S/C59H94O28/c1-9-28(63)30-18-23(2)59(87-30)17-16-56(6)27-10-11-34-55(5,26(27)12-15-57(56,59)7)14-13-35(58(34,8)86-25(4)62)82-51-45(74)43(72)39(68)33(81-51)22-77-53-48(37(66)29(64)21-76-53)84-54-49(85-50-44(73)41(70)36(65)24(3)78-50)47(40(69)32(20-61)80-54)83-52-46(75)42(71)38(67)31(19-60)79-52/h23-24,29-54,60-61,64-75H,9-22H2,1-8H3/t23-,24+,29-,30+,31+,32+,33-,34+,35+,36-,37+,38-,39+,40-,41-,42+,43-,44-,45-,46-,47-,48+,49+,50-,51-,52-,53+,54+,55+,56-,57-,58+,59+/m1/s1. The van der Waals surface area contributed by atoms with Gasteiger partial charge in [-0.25, -0.2) is 0 Å². The van der Waals surface area contributed by atoms with E-state index in [1.165, 1.54) is 25.0 Å². The van der Waals surface area contributed by atoms with E-state index in [1.807, 2.05) is 13.8 Å². The van der Waals surface area contributed by atoms with Crippen molar-refractivity contribution in [3.8, 4) is 0 Å². The summed E-state index contributed by atoms with van der Waals surface area (Å²) >= 11 is 0. The Morgan fingerprint density at radius 3 is 1.79 bits per heavy atom. The van der Waals surface area contributed by atoms with Crippen LogP contribution < -0.4 is 0 Å². The zero-order chi connectivity index (χ0) is 63.4. The number of hydrogen-bond acceptors (Lipinski definition) is 28. The Labute approximate surface area is 504 Å². The number of ketones is 1. The van der Waals surface area contributed by atoms with Gasteiger partial charge >= 0.3 is 5.97 Å². The Hall–Kier alpha value is -2.12. The van der Waals surface area contributed by atoms with Gasteiger partial charge in [0.1, 0.15) is 128 Å². The van der Waals surface area contributed by atoms with Gasteiger partial charge in [-0.15, -0.1) is 0 Å². The number of carbonyl (C=O) groups excluding carboxylic acids is 2. The highest BCUT2D eigenvalue weighted by Crippen LogP contribution is 2.75. The number of ether oxygens (including phenoxy) is 12. The molecule has 0 unspecified atom stereocenters. The van der Waals surface area contributed by atoms with Gasteiger partial charge in [0.2, 0.25) is 0 Å². The van der Waals surface area contributed by atoms with Gasteiger partial charge in [0.05, 0.1) is 38.1 Å². The molecule has 6 saturated heterocycles. The number of aliphatic hydroxyl groups excluding tert-OH is 14. The zero-order valence-corrected chi connectivity index (χ0v) is 50.5. The second kappa shape index (κ2) is 25.6. The highest BCUT2D eigenvalue weighted by Gasteiger charge is 2.72. The van der Waals surface area contributed by atoms with Gasteiger partial charge in [0, 0.05) is 24.7 Å². The van der Waals surface area contributed by atoms with Crippen molar-refractivity contribution in [3.05, 3.63) is 11.1 Å². The van der Waals surface area contributed by atoms with E-state index in [0.717, 1.165) is 25.7 Å². The topological polar surface area (TPSA) is 428 Å². The van der Waals surface area contributed by atoms with Crippen molar-refractivity contribution >= 4 is 11.8 Å². The van der Waals surface area contributed by atoms with Crippen LogP contribution in [0.3, 0.4) is 0 Å². The van der Waals surface area contributed by atoms with E-state index >= 15 is 0 Å². The van der Waals surface area contributed by atoms with Crippen molar-refractivity contribution in [2.24, 2.45) is 28.1 Å². The molecule has 4 aliphatic carbocycles. The third-order valence-corrected chi connectivity index (χ3v) is 22.4.